The maximum Gasteiger partial charge on any atom is 0.335 e. The van der Waals surface area contributed by atoms with Crippen molar-refractivity contribution in [3.8, 4) is 16.9 Å². The van der Waals surface area contributed by atoms with Crippen LogP contribution >= 0.6 is 24.0 Å². The summed E-state index contributed by atoms with van der Waals surface area (Å²) in [6, 6.07) is 27.8. The maximum atomic E-state index is 15.6. The number of carbonyl (C=O) groups is 2. The normalized spacial score (nSPS) is 12.9. The Kier molecular flexibility index (Phi) is 12.1. The van der Waals surface area contributed by atoms with Crippen LogP contribution in [0.25, 0.3) is 11.1 Å². The van der Waals surface area contributed by atoms with Gasteiger partial charge in [-0.2, -0.15) is 0 Å². The van der Waals surface area contributed by atoms with E-state index in [1.165, 1.54) is 31.4 Å². The Bertz CT molecular complexity index is 1910. The summed E-state index contributed by atoms with van der Waals surface area (Å²) < 4.78 is 21.6. The molecule has 1 saturated carbocycles. The van der Waals surface area contributed by atoms with Crippen LogP contribution in [0.3, 0.4) is 0 Å². The van der Waals surface area contributed by atoms with Crippen LogP contribution in [0.5, 0.6) is 5.75 Å². The Morgan fingerprint density at radius 3 is 2.33 bits per heavy atom. The van der Waals surface area contributed by atoms with Gasteiger partial charge in [-0.25, -0.2) is 9.18 Å². The van der Waals surface area contributed by atoms with E-state index < -0.39 is 11.8 Å². The van der Waals surface area contributed by atoms with Gasteiger partial charge >= 0.3 is 5.97 Å². The number of aromatic carboxylic acids is 1. The Hall–Kier alpha value is -4.72. The summed E-state index contributed by atoms with van der Waals surface area (Å²) >= 11 is 6.28. The first-order valence-electron chi connectivity index (χ1n) is 16.2. The molecule has 0 aliphatic heterocycles. The summed E-state index contributed by atoms with van der Waals surface area (Å²) in [6.07, 6.45) is 9.86. The number of rotatable bonds is 11. The third-order valence-corrected chi connectivity index (χ3v) is 9.09. The van der Waals surface area contributed by atoms with Crippen molar-refractivity contribution < 1.29 is 23.8 Å². The van der Waals surface area contributed by atoms with Crippen molar-refractivity contribution in [3.63, 3.8) is 0 Å². The van der Waals surface area contributed by atoms with Gasteiger partial charge in [-0.1, -0.05) is 68.0 Å². The Morgan fingerprint density at radius 2 is 1.59 bits per heavy atom. The molecular formula is C40H37Cl2FN2O4. The Labute approximate surface area is 297 Å². The van der Waals surface area contributed by atoms with Crippen molar-refractivity contribution in [2.45, 2.75) is 51.7 Å². The highest BCUT2D eigenvalue weighted by Crippen LogP contribution is 2.34. The number of carbonyl (C=O) groups excluding carboxylic acids is 1. The number of halogens is 3. The smallest absolute Gasteiger partial charge is 0.335 e. The molecule has 9 heteroatoms. The van der Waals surface area contributed by atoms with Crippen LogP contribution in [0.4, 0.5) is 10.1 Å². The van der Waals surface area contributed by atoms with Gasteiger partial charge in [-0.05, 0) is 101 Å². The molecule has 1 amide bonds. The number of benzene rings is 4. The fourth-order valence-corrected chi connectivity index (χ4v) is 6.56. The van der Waals surface area contributed by atoms with Gasteiger partial charge in [0.2, 0.25) is 0 Å². The fraction of sp³-hybridized carbons (Fsp3) is 0.225. The summed E-state index contributed by atoms with van der Waals surface area (Å²) in [5.74, 6) is -0.834. The first kappa shape index (κ1) is 35.6. The highest BCUT2D eigenvalue weighted by Gasteiger charge is 2.21. The molecule has 0 spiro atoms. The van der Waals surface area contributed by atoms with Gasteiger partial charge in [-0.3, -0.25) is 9.78 Å². The molecule has 0 radical (unpaired) electrons. The highest BCUT2D eigenvalue weighted by atomic mass is 35.5. The molecule has 1 heterocycles. The molecule has 0 bridgehead atoms. The zero-order chi connectivity index (χ0) is 33.5. The number of nitrogens with zero attached hydrogens (tertiary/aromatic N) is 2. The zero-order valence-electron chi connectivity index (χ0n) is 26.9. The standard InChI is InChI=1S/C40H36ClFN2O4.ClH/c41-33-10-5-11-34(23-33)44(25-28-16-18-43-19-17-28)39(45)30-9-4-8-29(21-30)26-48-35-13-15-37(38(42)24-35)36-14-12-31(40(46)47)22-32(36)20-27-6-2-1-3-7-27;/h4-5,8-19,21-24,27H,1-3,6-7,20,25-26H2,(H,46,47);1H. The Balaban J connectivity index is 0.00000468. The van der Waals surface area contributed by atoms with E-state index in [2.05, 4.69) is 4.98 Å². The van der Waals surface area contributed by atoms with E-state index in [0.717, 1.165) is 36.0 Å². The van der Waals surface area contributed by atoms with Gasteiger partial charge < -0.3 is 14.7 Å². The zero-order valence-corrected chi connectivity index (χ0v) is 28.4. The van der Waals surface area contributed by atoms with Crippen molar-refractivity contribution >= 4 is 41.6 Å². The first-order valence-corrected chi connectivity index (χ1v) is 16.6. The molecule has 4 aromatic carbocycles. The summed E-state index contributed by atoms with van der Waals surface area (Å²) in [4.78, 5) is 31.3. The number of carboxylic acids is 1. The van der Waals surface area contributed by atoms with Crippen molar-refractivity contribution in [2.75, 3.05) is 4.90 Å². The van der Waals surface area contributed by atoms with Gasteiger partial charge in [0.05, 0.1) is 12.1 Å². The number of hydrogen-bond acceptors (Lipinski definition) is 4. The molecule has 1 aliphatic carbocycles. The van der Waals surface area contributed by atoms with Crippen LogP contribution in [-0.2, 0) is 19.6 Å². The summed E-state index contributed by atoms with van der Waals surface area (Å²) in [7, 11) is 0. The van der Waals surface area contributed by atoms with Crippen LogP contribution in [-0.4, -0.2) is 22.0 Å². The minimum absolute atomic E-state index is 0. The predicted octanol–water partition coefficient (Wildman–Crippen LogP) is 10.2. The summed E-state index contributed by atoms with van der Waals surface area (Å²) in [5, 5.41) is 10.1. The molecule has 6 nitrogen and oxygen atoms in total. The van der Waals surface area contributed by atoms with Gasteiger partial charge in [0, 0.05) is 40.3 Å². The molecule has 0 atom stereocenters. The number of carboxylic acid groups (broad SMARTS) is 1. The molecule has 1 aromatic heterocycles. The third-order valence-electron chi connectivity index (χ3n) is 8.85. The van der Waals surface area contributed by atoms with Crippen molar-refractivity contribution in [1.29, 1.82) is 0 Å². The van der Waals surface area contributed by atoms with Gasteiger partial charge in [0.15, 0.2) is 0 Å². The average molecular weight is 700 g/mol. The quantitative estimate of drug-likeness (QED) is 0.148. The van der Waals surface area contributed by atoms with E-state index >= 15 is 4.39 Å². The second-order valence-corrected chi connectivity index (χ2v) is 12.7. The van der Waals surface area contributed by atoms with Crippen LogP contribution < -0.4 is 9.64 Å². The summed E-state index contributed by atoms with van der Waals surface area (Å²) in [5.41, 5.74) is 4.99. The molecule has 6 rings (SSSR count). The number of aromatic nitrogens is 1. The minimum Gasteiger partial charge on any atom is -0.489 e. The number of anilines is 1. The largest absolute Gasteiger partial charge is 0.489 e. The molecule has 5 aromatic rings. The van der Waals surface area contributed by atoms with E-state index in [1.54, 1.807) is 71.9 Å². The highest BCUT2D eigenvalue weighted by molar-refractivity contribution is 6.31. The minimum atomic E-state index is -0.993. The van der Waals surface area contributed by atoms with Crippen molar-refractivity contribution in [2.24, 2.45) is 5.92 Å². The number of amides is 1. The lowest BCUT2D eigenvalue weighted by Gasteiger charge is -2.24. The van der Waals surface area contributed by atoms with Crippen LogP contribution in [0, 0.1) is 11.7 Å². The fourth-order valence-electron chi connectivity index (χ4n) is 6.38. The van der Waals surface area contributed by atoms with Crippen LogP contribution in [0.15, 0.2) is 109 Å². The van der Waals surface area contributed by atoms with Crippen molar-refractivity contribution in [1.82, 2.24) is 4.98 Å². The molecule has 49 heavy (non-hydrogen) atoms. The van der Waals surface area contributed by atoms with E-state index in [0.29, 0.717) is 45.6 Å². The van der Waals surface area contributed by atoms with E-state index in [4.69, 9.17) is 16.3 Å². The molecule has 0 unspecified atom stereocenters. The van der Waals surface area contributed by atoms with Gasteiger partial charge in [0.1, 0.15) is 18.2 Å². The monoisotopic (exact) mass is 698 g/mol. The topological polar surface area (TPSA) is 79.7 Å². The van der Waals surface area contributed by atoms with E-state index in [9.17, 15) is 14.7 Å². The predicted molar refractivity (Wildman–Crippen MR) is 193 cm³/mol. The number of hydrogen-bond donors (Lipinski definition) is 1. The molecule has 1 aliphatic rings. The van der Waals surface area contributed by atoms with Crippen molar-refractivity contribution in [3.05, 3.63) is 148 Å². The molecule has 1 N–H and O–H groups in total. The molecule has 252 valence electrons. The lowest BCUT2D eigenvalue weighted by molar-refractivity contribution is 0.0696. The first-order chi connectivity index (χ1) is 23.3. The molecule has 1 fully saturated rings. The Morgan fingerprint density at radius 1 is 0.837 bits per heavy atom. The van der Waals surface area contributed by atoms with Gasteiger partial charge in [0.25, 0.3) is 5.91 Å². The number of pyridine rings is 1. The van der Waals surface area contributed by atoms with Crippen LogP contribution in [0.1, 0.15) is 69.5 Å². The molecular weight excluding hydrogens is 662 g/mol. The van der Waals surface area contributed by atoms with E-state index in [1.807, 2.05) is 30.3 Å². The molecule has 0 saturated heterocycles. The maximum absolute atomic E-state index is 15.6. The number of ether oxygens (including phenoxy) is 1. The lowest BCUT2D eigenvalue weighted by Crippen LogP contribution is -2.30. The van der Waals surface area contributed by atoms with Gasteiger partial charge in [-0.15, -0.1) is 12.4 Å². The SMILES string of the molecule is Cl.O=C(O)c1ccc(-c2ccc(OCc3cccc(C(=O)N(Cc4ccncc4)c4cccc(Cl)c4)c3)cc2F)c(CC2CCCCC2)c1. The second-order valence-electron chi connectivity index (χ2n) is 12.2. The van der Waals surface area contributed by atoms with Crippen LogP contribution in [0.2, 0.25) is 5.02 Å². The summed E-state index contributed by atoms with van der Waals surface area (Å²) in [6.45, 7) is 0.455. The average Bonchev–Trinajstić information content (AvgIpc) is 3.10. The third kappa shape index (κ3) is 9.05. The van der Waals surface area contributed by atoms with E-state index in [-0.39, 0.29) is 30.5 Å². The second kappa shape index (κ2) is 16.6. The lowest BCUT2D eigenvalue weighted by atomic mass is 9.82.